The molecular weight excluding hydrogens is 574 g/mol. The second-order valence-corrected chi connectivity index (χ2v) is 10.7. The molecule has 0 spiro atoms. The number of fused-ring (bicyclic) bond motifs is 1. The predicted octanol–water partition coefficient (Wildman–Crippen LogP) is 5.53. The van der Waals surface area contributed by atoms with Crippen molar-refractivity contribution in [3.05, 3.63) is 96.0 Å². The maximum absolute atomic E-state index is 12.5. The van der Waals surface area contributed by atoms with Crippen LogP contribution >= 0.6 is 0 Å². The molecule has 0 radical (unpaired) electrons. The highest BCUT2D eigenvalue weighted by Crippen LogP contribution is 2.24. The average Bonchev–Trinajstić information content (AvgIpc) is 3.38. The van der Waals surface area contributed by atoms with E-state index in [-0.39, 0.29) is 22.9 Å². The van der Waals surface area contributed by atoms with Gasteiger partial charge >= 0.3 is 0 Å². The number of rotatable bonds is 17. The summed E-state index contributed by atoms with van der Waals surface area (Å²) in [5.74, 6) is 1.85. The van der Waals surface area contributed by atoms with Crippen molar-refractivity contribution < 1.29 is 26.5 Å². The van der Waals surface area contributed by atoms with Crippen LogP contribution in [0.25, 0.3) is 0 Å². The molecule has 0 atom stereocenters. The Morgan fingerprint density at radius 2 is 1.49 bits per heavy atom. The van der Waals surface area contributed by atoms with Crippen LogP contribution in [0.1, 0.15) is 89.2 Å². The molecule has 0 saturated heterocycles. The van der Waals surface area contributed by atoms with Gasteiger partial charge in [-0.3, -0.25) is 4.79 Å². The van der Waals surface area contributed by atoms with Gasteiger partial charge in [0.15, 0.2) is 6.20 Å². The van der Waals surface area contributed by atoms with E-state index in [0.717, 1.165) is 47.1 Å². The summed E-state index contributed by atoms with van der Waals surface area (Å²) in [6.45, 7) is 5.16. The summed E-state index contributed by atoms with van der Waals surface area (Å²) in [5.41, 5.74) is 4.06. The fourth-order valence-corrected chi connectivity index (χ4v) is 5.07. The van der Waals surface area contributed by atoms with E-state index in [4.69, 9.17) is 4.74 Å². The molecule has 2 aromatic carbocycles. The van der Waals surface area contributed by atoms with Crippen molar-refractivity contribution in [2.45, 2.75) is 91.0 Å². The number of halogens is 1. The maximum Gasteiger partial charge on any atom is 0.247 e. The number of amides is 1. The van der Waals surface area contributed by atoms with Gasteiger partial charge in [-0.1, -0.05) is 94.0 Å². The molecule has 2 aliphatic rings. The van der Waals surface area contributed by atoms with E-state index in [9.17, 15) is 4.79 Å². The molecule has 1 amide bonds. The van der Waals surface area contributed by atoms with Gasteiger partial charge in [-0.15, -0.1) is 0 Å². The zero-order chi connectivity index (χ0) is 28.0. The highest BCUT2D eigenvalue weighted by molar-refractivity contribution is 5.92. The van der Waals surface area contributed by atoms with Crippen LogP contribution < -0.4 is 26.6 Å². The average molecular weight is 619 g/mol. The van der Waals surface area contributed by atoms with E-state index >= 15 is 0 Å². The second-order valence-electron chi connectivity index (χ2n) is 10.7. The number of hydrogen-bond donors (Lipinski definition) is 0. The van der Waals surface area contributed by atoms with Crippen LogP contribution in [0.2, 0.25) is 0 Å². The van der Waals surface area contributed by atoms with E-state index in [2.05, 4.69) is 47.3 Å². The van der Waals surface area contributed by atoms with Gasteiger partial charge in [-0.2, -0.15) is 0 Å². The van der Waals surface area contributed by atoms with Crippen molar-refractivity contribution in [3.63, 3.8) is 0 Å². The van der Waals surface area contributed by atoms with Gasteiger partial charge in [0.2, 0.25) is 17.4 Å². The molecule has 41 heavy (non-hydrogen) atoms. The highest BCUT2D eigenvalue weighted by Gasteiger charge is 2.28. The normalized spacial score (nSPS) is 13.2. The first kappa shape index (κ1) is 32.3. The first-order valence-corrected chi connectivity index (χ1v) is 15.1. The number of amidine groups is 1. The minimum atomic E-state index is 0. The summed E-state index contributed by atoms with van der Waals surface area (Å²) in [5, 5.41) is 0. The van der Waals surface area contributed by atoms with Gasteiger partial charge < -0.3 is 26.6 Å². The van der Waals surface area contributed by atoms with E-state index in [1.807, 2.05) is 53.6 Å². The van der Waals surface area contributed by atoms with Crippen LogP contribution in [0.15, 0.2) is 83.6 Å². The maximum atomic E-state index is 12.5. The van der Waals surface area contributed by atoms with Gasteiger partial charge in [-0.25, -0.2) is 4.90 Å². The van der Waals surface area contributed by atoms with Gasteiger partial charge in [0.1, 0.15) is 5.75 Å². The molecule has 0 bridgehead atoms. The number of carbonyl (C=O) groups excluding carboxylic acids is 1. The molecule has 6 heteroatoms. The number of nitrogens with zero attached hydrogens (tertiary/aromatic N) is 3. The number of benzene rings is 2. The molecule has 0 aromatic heterocycles. The van der Waals surface area contributed by atoms with Crippen LogP contribution in [0.5, 0.6) is 5.75 Å². The smallest absolute Gasteiger partial charge is 0.247 e. The van der Waals surface area contributed by atoms with Gasteiger partial charge in [0, 0.05) is 18.8 Å². The van der Waals surface area contributed by atoms with E-state index < -0.39 is 0 Å². The Labute approximate surface area is 257 Å². The third-order valence-corrected chi connectivity index (χ3v) is 7.46. The van der Waals surface area contributed by atoms with E-state index in [1.54, 1.807) is 6.92 Å². The number of aliphatic imine (C=N–C) groups is 1. The van der Waals surface area contributed by atoms with Gasteiger partial charge in [0.05, 0.1) is 25.6 Å². The molecule has 4 rings (SSSR count). The summed E-state index contributed by atoms with van der Waals surface area (Å²) in [6.07, 6.45) is 25.0. The quantitative estimate of drug-likeness (QED) is 0.173. The first-order chi connectivity index (χ1) is 19.6. The number of anilines is 1. The molecule has 2 aliphatic heterocycles. The second kappa shape index (κ2) is 17.6. The summed E-state index contributed by atoms with van der Waals surface area (Å²) in [7, 11) is 0. The topological polar surface area (TPSA) is 45.1 Å². The zero-order valence-corrected chi connectivity index (χ0v) is 26.2. The number of allylic oxidation sites excluding steroid dienone is 3. The Morgan fingerprint density at radius 3 is 2.15 bits per heavy atom. The molecule has 0 aliphatic carbocycles. The van der Waals surface area contributed by atoms with Crippen molar-refractivity contribution in [1.29, 1.82) is 0 Å². The number of unbranched alkanes of at least 4 members (excludes halogenated alkanes) is 9. The molecule has 0 N–H and O–H groups in total. The summed E-state index contributed by atoms with van der Waals surface area (Å²) < 4.78 is 5.96. The molecule has 2 aromatic rings. The number of ether oxygens (including phenoxy) is 1. The zero-order valence-electron chi connectivity index (χ0n) is 24.7. The van der Waals surface area contributed by atoms with Crippen LogP contribution in [0.3, 0.4) is 0 Å². The lowest BCUT2D eigenvalue weighted by molar-refractivity contribution is -0.116. The minimum absolute atomic E-state index is 0. The monoisotopic (exact) mass is 617 g/mol. The number of hydrogen-bond acceptors (Lipinski definition) is 4. The molecule has 0 fully saturated rings. The summed E-state index contributed by atoms with van der Waals surface area (Å²) in [6, 6.07) is 16.3. The lowest BCUT2D eigenvalue weighted by atomic mass is 10.1. The minimum Gasteiger partial charge on any atom is -1.00 e. The molecule has 5 nitrogen and oxygen atoms in total. The van der Waals surface area contributed by atoms with E-state index in [0.29, 0.717) is 13.0 Å². The Hall–Kier alpha value is -3.21. The Kier molecular flexibility index (Phi) is 13.8. The molecule has 0 saturated carbocycles. The van der Waals surface area contributed by atoms with Crippen molar-refractivity contribution >= 4 is 17.4 Å². The van der Waals surface area contributed by atoms with Crippen LogP contribution in [-0.2, 0) is 17.8 Å². The fraction of sp³-hybridized carbons (Fsp3) is 0.429. The SMILES string of the molecule is CCCCCCCCCCCCOc1ccc(CN(C(C)=O)c2ccc(CC3=N[C+]=C4C=CC=CN43)cc2)cc1.[Br-]. The van der Waals surface area contributed by atoms with E-state index in [1.165, 1.54) is 57.8 Å². The van der Waals surface area contributed by atoms with Gasteiger partial charge in [0.25, 0.3) is 0 Å². The molecule has 0 unspecified atom stereocenters. The third kappa shape index (κ3) is 10.3. The van der Waals surface area contributed by atoms with Crippen LogP contribution in [0.4, 0.5) is 5.69 Å². The lowest BCUT2D eigenvalue weighted by Crippen LogP contribution is -3.00. The standard InChI is InChI=1S/C35H44N3O2.BrH/c1-3-4-5-6-7-8-9-10-11-14-25-40-34-22-18-31(19-23-34)28-38(29(2)39)32-20-16-30(17-21-32)26-35-36-27-33-15-12-13-24-37(33)35;/h12-13,15-24H,3-11,14,25-26,28H2,1-2H3;1H/q+1;/p-1. The largest absolute Gasteiger partial charge is 1.00 e. The lowest BCUT2D eigenvalue weighted by Gasteiger charge is -2.22. The van der Waals surface area contributed by atoms with Crippen LogP contribution in [-0.4, -0.2) is 23.2 Å². The fourth-order valence-electron chi connectivity index (χ4n) is 5.07. The molecular formula is C35H44BrN3O2. The first-order valence-electron chi connectivity index (χ1n) is 15.1. The highest BCUT2D eigenvalue weighted by atomic mass is 79.9. The number of carbonyl (C=O) groups is 1. The van der Waals surface area contributed by atoms with Crippen molar-refractivity contribution in [3.8, 4) is 5.75 Å². The third-order valence-electron chi connectivity index (χ3n) is 7.46. The molecule has 2 heterocycles. The van der Waals surface area contributed by atoms with Gasteiger partial charge in [-0.05, 0) is 54.0 Å². The Bertz CT molecular complexity index is 1200. The summed E-state index contributed by atoms with van der Waals surface area (Å²) in [4.78, 5) is 20.8. The summed E-state index contributed by atoms with van der Waals surface area (Å²) >= 11 is 0. The van der Waals surface area contributed by atoms with Crippen molar-refractivity contribution in [1.82, 2.24) is 4.90 Å². The Morgan fingerprint density at radius 1 is 0.854 bits per heavy atom. The predicted molar refractivity (Wildman–Crippen MR) is 165 cm³/mol. The van der Waals surface area contributed by atoms with Crippen LogP contribution in [0, 0.1) is 6.20 Å². The van der Waals surface area contributed by atoms with Crippen molar-refractivity contribution in [2.24, 2.45) is 4.99 Å². The van der Waals surface area contributed by atoms with Crippen molar-refractivity contribution in [2.75, 3.05) is 11.5 Å². The Balaban J connectivity index is 0.00000462. The molecule has 218 valence electrons.